The number of carbonyl (C=O) groups is 1. The van der Waals surface area contributed by atoms with Gasteiger partial charge in [-0.3, -0.25) is 4.79 Å². The SMILES string of the molecule is CC.COC(=O)Cc1ccc(Br)nc1C. The Morgan fingerprint density at radius 3 is 2.53 bits per heavy atom. The molecule has 15 heavy (non-hydrogen) atoms. The highest BCUT2D eigenvalue weighted by atomic mass is 79.9. The highest BCUT2D eigenvalue weighted by Gasteiger charge is 2.06. The van der Waals surface area contributed by atoms with Gasteiger partial charge in [-0.05, 0) is 34.5 Å². The van der Waals surface area contributed by atoms with Crippen LogP contribution in [0.3, 0.4) is 0 Å². The van der Waals surface area contributed by atoms with Crippen LogP contribution in [-0.2, 0) is 16.0 Å². The first-order valence-electron chi connectivity index (χ1n) is 4.82. The van der Waals surface area contributed by atoms with Gasteiger partial charge in [-0.1, -0.05) is 19.9 Å². The molecule has 0 saturated carbocycles. The van der Waals surface area contributed by atoms with Crippen molar-refractivity contribution in [2.24, 2.45) is 0 Å². The first-order valence-corrected chi connectivity index (χ1v) is 5.61. The summed E-state index contributed by atoms with van der Waals surface area (Å²) in [4.78, 5) is 15.1. The van der Waals surface area contributed by atoms with Crippen molar-refractivity contribution in [3.63, 3.8) is 0 Å². The van der Waals surface area contributed by atoms with E-state index in [0.717, 1.165) is 15.9 Å². The summed E-state index contributed by atoms with van der Waals surface area (Å²) in [5, 5.41) is 0. The molecule has 1 aromatic heterocycles. The molecule has 0 aliphatic carbocycles. The van der Waals surface area contributed by atoms with Gasteiger partial charge in [0.15, 0.2) is 0 Å². The minimum atomic E-state index is -0.243. The molecule has 3 nitrogen and oxygen atoms in total. The van der Waals surface area contributed by atoms with Gasteiger partial charge >= 0.3 is 5.97 Å². The van der Waals surface area contributed by atoms with Crippen molar-refractivity contribution >= 4 is 21.9 Å². The molecule has 0 aliphatic rings. The van der Waals surface area contributed by atoms with Crippen molar-refractivity contribution in [3.8, 4) is 0 Å². The third-order valence-corrected chi connectivity index (χ3v) is 2.17. The minimum Gasteiger partial charge on any atom is -0.469 e. The molecule has 0 aromatic carbocycles. The number of nitrogens with zero attached hydrogens (tertiary/aromatic N) is 1. The third kappa shape index (κ3) is 4.93. The molecule has 0 N–H and O–H groups in total. The number of aryl methyl sites for hydroxylation is 1. The average Bonchev–Trinajstić information content (AvgIpc) is 2.25. The lowest BCUT2D eigenvalue weighted by molar-refractivity contribution is -0.139. The monoisotopic (exact) mass is 273 g/mol. The molecule has 1 aromatic rings. The van der Waals surface area contributed by atoms with E-state index in [4.69, 9.17) is 0 Å². The predicted molar refractivity (Wildman–Crippen MR) is 63.7 cm³/mol. The number of carbonyl (C=O) groups excluding carboxylic acids is 1. The minimum absolute atomic E-state index is 0.243. The van der Waals surface area contributed by atoms with Gasteiger partial charge in [0, 0.05) is 5.69 Å². The number of pyridine rings is 1. The highest BCUT2D eigenvalue weighted by molar-refractivity contribution is 9.10. The van der Waals surface area contributed by atoms with Crippen LogP contribution in [0.1, 0.15) is 25.1 Å². The van der Waals surface area contributed by atoms with Crippen LogP contribution in [0.15, 0.2) is 16.7 Å². The Balaban J connectivity index is 0.000000921. The van der Waals surface area contributed by atoms with E-state index < -0.39 is 0 Å². The van der Waals surface area contributed by atoms with Crippen LogP contribution in [0.2, 0.25) is 0 Å². The number of aromatic nitrogens is 1. The number of hydrogen-bond acceptors (Lipinski definition) is 3. The summed E-state index contributed by atoms with van der Waals surface area (Å²) in [7, 11) is 1.38. The lowest BCUT2D eigenvalue weighted by Gasteiger charge is -2.03. The quantitative estimate of drug-likeness (QED) is 0.615. The smallest absolute Gasteiger partial charge is 0.310 e. The summed E-state index contributed by atoms with van der Waals surface area (Å²) in [6.07, 6.45) is 0.280. The molecule has 84 valence electrons. The van der Waals surface area contributed by atoms with Crippen LogP contribution in [0.4, 0.5) is 0 Å². The summed E-state index contributed by atoms with van der Waals surface area (Å²) in [5.41, 5.74) is 1.75. The maximum absolute atomic E-state index is 11.0. The fourth-order valence-corrected chi connectivity index (χ4v) is 1.37. The van der Waals surface area contributed by atoms with Gasteiger partial charge < -0.3 is 4.74 Å². The third-order valence-electron chi connectivity index (χ3n) is 1.72. The number of esters is 1. The first-order chi connectivity index (χ1) is 7.13. The summed E-state index contributed by atoms with van der Waals surface area (Å²) >= 11 is 3.25. The average molecular weight is 274 g/mol. The zero-order valence-corrected chi connectivity index (χ0v) is 11.1. The van der Waals surface area contributed by atoms with Crippen molar-refractivity contribution in [2.45, 2.75) is 27.2 Å². The normalized spacial score (nSPS) is 8.87. The zero-order chi connectivity index (χ0) is 11.8. The fourth-order valence-electron chi connectivity index (χ4n) is 0.974. The van der Waals surface area contributed by atoms with Crippen LogP contribution in [0, 0.1) is 6.92 Å². The summed E-state index contributed by atoms with van der Waals surface area (Å²) < 4.78 is 5.34. The maximum Gasteiger partial charge on any atom is 0.310 e. The number of ether oxygens (including phenoxy) is 1. The molecule has 4 heteroatoms. The van der Waals surface area contributed by atoms with Crippen LogP contribution < -0.4 is 0 Å². The Morgan fingerprint density at radius 1 is 1.47 bits per heavy atom. The summed E-state index contributed by atoms with van der Waals surface area (Å²) in [6.45, 7) is 5.86. The van der Waals surface area contributed by atoms with Gasteiger partial charge in [-0.2, -0.15) is 0 Å². The van der Waals surface area contributed by atoms with Crippen molar-refractivity contribution in [1.82, 2.24) is 4.98 Å². The molecule has 0 fully saturated rings. The lowest BCUT2D eigenvalue weighted by Crippen LogP contribution is -2.06. The topological polar surface area (TPSA) is 39.2 Å². The summed E-state index contributed by atoms with van der Waals surface area (Å²) in [6, 6.07) is 3.68. The van der Waals surface area contributed by atoms with Crippen molar-refractivity contribution < 1.29 is 9.53 Å². The summed E-state index contributed by atoms with van der Waals surface area (Å²) in [5.74, 6) is -0.243. The van der Waals surface area contributed by atoms with E-state index in [0.29, 0.717) is 0 Å². The standard InChI is InChI=1S/C9H10BrNO2.C2H6/c1-6-7(5-9(12)13-2)3-4-8(10)11-6;1-2/h3-4H,5H2,1-2H3;1-2H3. The number of hydrogen-bond donors (Lipinski definition) is 0. The van der Waals surface area contributed by atoms with Crippen LogP contribution >= 0.6 is 15.9 Å². The van der Waals surface area contributed by atoms with E-state index in [1.165, 1.54) is 7.11 Å². The Hall–Kier alpha value is -0.900. The zero-order valence-electron chi connectivity index (χ0n) is 9.50. The van der Waals surface area contributed by atoms with Crippen LogP contribution in [-0.4, -0.2) is 18.1 Å². The van der Waals surface area contributed by atoms with E-state index in [1.54, 1.807) is 0 Å². The Kier molecular flexibility index (Phi) is 6.96. The first kappa shape index (κ1) is 14.1. The van der Waals surface area contributed by atoms with E-state index in [1.807, 2.05) is 32.9 Å². The molecule has 0 spiro atoms. The molecule has 0 unspecified atom stereocenters. The van der Waals surface area contributed by atoms with Gasteiger partial charge in [-0.25, -0.2) is 4.98 Å². The largest absolute Gasteiger partial charge is 0.469 e. The van der Waals surface area contributed by atoms with Crippen molar-refractivity contribution in [2.75, 3.05) is 7.11 Å². The van der Waals surface area contributed by atoms with Crippen molar-refractivity contribution in [1.29, 1.82) is 0 Å². The Morgan fingerprint density at radius 2 is 2.07 bits per heavy atom. The molecule has 0 saturated heterocycles. The second-order valence-electron chi connectivity index (χ2n) is 2.63. The number of halogens is 1. The van der Waals surface area contributed by atoms with Gasteiger partial charge in [0.2, 0.25) is 0 Å². The van der Waals surface area contributed by atoms with E-state index in [-0.39, 0.29) is 12.4 Å². The van der Waals surface area contributed by atoms with Crippen molar-refractivity contribution in [3.05, 3.63) is 28.0 Å². The van der Waals surface area contributed by atoms with E-state index in [9.17, 15) is 4.79 Å². The Labute approximate surface area is 99.0 Å². The molecular weight excluding hydrogens is 258 g/mol. The predicted octanol–water partition coefficient (Wildman–Crippen LogP) is 2.89. The van der Waals surface area contributed by atoms with E-state index in [2.05, 4.69) is 25.7 Å². The second-order valence-corrected chi connectivity index (χ2v) is 3.44. The molecule has 0 bridgehead atoms. The van der Waals surface area contributed by atoms with E-state index >= 15 is 0 Å². The fraction of sp³-hybridized carbons (Fsp3) is 0.455. The maximum atomic E-state index is 11.0. The van der Waals surface area contributed by atoms with Gasteiger partial charge in [0.05, 0.1) is 13.5 Å². The molecule has 0 aliphatic heterocycles. The van der Waals surface area contributed by atoms with Crippen LogP contribution in [0.25, 0.3) is 0 Å². The van der Waals surface area contributed by atoms with Gasteiger partial charge in [0.1, 0.15) is 4.60 Å². The molecule has 1 rings (SSSR count). The second kappa shape index (κ2) is 7.40. The van der Waals surface area contributed by atoms with Crippen LogP contribution in [0.5, 0.6) is 0 Å². The number of rotatable bonds is 2. The molecule has 0 radical (unpaired) electrons. The molecular formula is C11H16BrNO2. The lowest BCUT2D eigenvalue weighted by atomic mass is 10.1. The molecule has 0 amide bonds. The highest BCUT2D eigenvalue weighted by Crippen LogP contribution is 2.12. The Bertz CT molecular complexity index is 326. The number of methoxy groups -OCH3 is 1. The molecule has 1 heterocycles. The van der Waals surface area contributed by atoms with Gasteiger partial charge in [-0.15, -0.1) is 0 Å². The molecule has 0 atom stereocenters. The van der Waals surface area contributed by atoms with Gasteiger partial charge in [0.25, 0.3) is 0 Å².